The van der Waals surface area contributed by atoms with Gasteiger partial charge in [-0.1, -0.05) is 0 Å². The number of amides is 1. The molecule has 0 unspecified atom stereocenters. The molecular formula is C16H26N4O3. The second-order valence-corrected chi connectivity index (χ2v) is 6.42. The summed E-state index contributed by atoms with van der Waals surface area (Å²) in [5.41, 5.74) is -0.176. The van der Waals surface area contributed by atoms with Crippen molar-refractivity contribution in [2.45, 2.75) is 56.8 Å². The molecule has 3 heterocycles. The molecule has 0 bridgehead atoms. The number of aryl methyl sites for hydroxylation is 1. The van der Waals surface area contributed by atoms with Crippen LogP contribution >= 0.6 is 0 Å². The minimum absolute atomic E-state index is 0.167. The van der Waals surface area contributed by atoms with Gasteiger partial charge in [-0.2, -0.15) is 5.10 Å². The average molecular weight is 322 g/mol. The van der Waals surface area contributed by atoms with Crippen molar-refractivity contribution in [1.82, 2.24) is 19.7 Å². The minimum atomic E-state index is -0.176. The Labute approximate surface area is 137 Å². The number of carbonyl (C=O) groups is 1. The van der Waals surface area contributed by atoms with Crippen LogP contribution in [0.5, 0.6) is 0 Å². The zero-order chi connectivity index (χ0) is 16.1. The first-order valence-electron chi connectivity index (χ1n) is 8.50. The Bertz CT molecular complexity index is 497. The third kappa shape index (κ3) is 3.72. The summed E-state index contributed by atoms with van der Waals surface area (Å²) in [6, 6.07) is 0. The fourth-order valence-corrected chi connectivity index (χ4v) is 3.73. The molecule has 1 amide bonds. The molecule has 128 valence electrons. The van der Waals surface area contributed by atoms with Gasteiger partial charge in [0.1, 0.15) is 12.7 Å². The normalized spacial score (nSPS) is 24.0. The van der Waals surface area contributed by atoms with E-state index in [0.717, 1.165) is 58.3 Å². The number of carbonyl (C=O) groups excluding carboxylic acids is 1. The maximum Gasteiger partial charge on any atom is 0.222 e. The van der Waals surface area contributed by atoms with Crippen LogP contribution in [0, 0.1) is 0 Å². The minimum Gasteiger partial charge on any atom is -0.378 e. The Morgan fingerprint density at radius 3 is 2.96 bits per heavy atom. The Balaban J connectivity index is 1.45. The quantitative estimate of drug-likeness (QED) is 0.816. The number of nitrogens with zero attached hydrogens (tertiary/aromatic N) is 4. The van der Waals surface area contributed by atoms with Gasteiger partial charge in [0.25, 0.3) is 0 Å². The van der Waals surface area contributed by atoms with E-state index in [0.29, 0.717) is 6.42 Å². The number of piperidine rings is 1. The van der Waals surface area contributed by atoms with Crippen LogP contribution in [0.4, 0.5) is 0 Å². The van der Waals surface area contributed by atoms with Gasteiger partial charge >= 0.3 is 0 Å². The van der Waals surface area contributed by atoms with Crippen LogP contribution in [-0.2, 0) is 20.8 Å². The van der Waals surface area contributed by atoms with E-state index in [-0.39, 0.29) is 17.6 Å². The monoisotopic (exact) mass is 322 g/mol. The van der Waals surface area contributed by atoms with Crippen molar-refractivity contribution in [1.29, 1.82) is 0 Å². The summed E-state index contributed by atoms with van der Waals surface area (Å²) in [6.07, 6.45) is 8.58. The Hall–Kier alpha value is -1.47. The summed E-state index contributed by atoms with van der Waals surface area (Å²) >= 11 is 0. The maximum atomic E-state index is 12.4. The molecule has 0 aliphatic carbocycles. The number of likely N-dealkylation sites (tertiary alicyclic amines) is 1. The van der Waals surface area contributed by atoms with E-state index >= 15 is 0 Å². The lowest BCUT2D eigenvalue weighted by Crippen LogP contribution is -2.56. The summed E-state index contributed by atoms with van der Waals surface area (Å²) in [7, 11) is 1.77. The van der Waals surface area contributed by atoms with E-state index in [1.54, 1.807) is 18.1 Å². The Kier molecular flexibility index (Phi) is 5.27. The Morgan fingerprint density at radius 2 is 2.26 bits per heavy atom. The molecule has 3 rings (SSSR count). The first kappa shape index (κ1) is 16.4. The lowest BCUT2D eigenvalue weighted by molar-refractivity contribution is -0.188. The molecule has 2 aliphatic heterocycles. The predicted octanol–water partition coefficient (Wildman–Crippen LogP) is 1.24. The summed E-state index contributed by atoms with van der Waals surface area (Å²) in [4.78, 5) is 18.2. The van der Waals surface area contributed by atoms with Crippen molar-refractivity contribution >= 4 is 5.91 Å². The molecule has 2 aliphatic rings. The highest BCUT2D eigenvalue weighted by atomic mass is 16.5. The van der Waals surface area contributed by atoms with Gasteiger partial charge < -0.3 is 14.4 Å². The van der Waals surface area contributed by atoms with Crippen molar-refractivity contribution < 1.29 is 14.3 Å². The molecule has 1 aromatic heterocycles. The van der Waals surface area contributed by atoms with E-state index < -0.39 is 0 Å². The van der Waals surface area contributed by atoms with Crippen LogP contribution < -0.4 is 0 Å². The van der Waals surface area contributed by atoms with E-state index in [2.05, 4.69) is 10.1 Å². The SMILES string of the molecule is CO[C@H]1CCCOC12CCN(C(=O)CCCn1cncn1)CC2. The summed E-state index contributed by atoms with van der Waals surface area (Å²) in [6.45, 7) is 3.08. The van der Waals surface area contributed by atoms with Gasteiger partial charge in [-0.15, -0.1) is 0 Å². The molecule has 2 saturated heterocycles. The van der Waals surface area contributed by atoms with Gasteiger partial charge in [0.15, 0.2) is 0 Å². The smallest absolute Gasteiger partial charge is 0.222 e. The molecule has 23 heavy (non-hydrogen) atoms. The van der Waals surface area contributed by atoms with Crippen molar-refractivity contribution in [2.75, 3.05) is 26.8 Å². The number of hydrogen-bond acceptors (Lipinski definition) is 5. The van der Waals surface area contributed by atoms with Gasteiger partial charge in [-0.05, 0) is 32.1 Å². The second-order valence-electron chi connectivity index (χ2n) is 6.42. The zero-order valence-electron chi connectivity index (χ0n) is 13.8. The van der Waals surface area contributed by atoms with Crippen LogP contribution in [0.15, 0.2) is 12.7 Å². The third-order valence-electron chi connectivity index (χ3n) is 5.08. The van der Waals surface area contributed by atoms with Crippen LogP contribution in [0.1, 0.15) is 38.5 Å². The topological polar surface area (TPSA) is 69.5 Å². The van der Waals surface area contributed by atoms with E-state index in [4.69, 9.17) is 9.47 Å². The summed E-state index contributed by atoms with van der Waals surface area (Å²) < 4.78 is 13.5. The van der Waals surface area contributed by atoms with Crippen LogP contribution in [0.3, 0.4) is 0 Å². The first-order valence-corrected chi connectivity index (χ1v) is 8.50. The second kappa shape index (κ2) is 7.40. The molecule has 7 heteroatoms. The van der Waals surface area contributed by atoms with Crippen LogP contribution in [0.2, 0.25) is 0 Å². The summed E-state index contributed by atoms with van der Waals surface area (Å²) in [5, 5.41) is 4.05. The van der Waals surface area contributed by atoms with Gasteiger partial charge in [0.2, 0.25) is 5.91 Å². The lowest BCUT2D eigenvalue weighted by atomic mass is 9.81. The van der Waals surface area contributed by atoms with Crippen LogP contribution in [0.25, 0.3) is 0 Å². The summed E-state index contributed by atoms with van der Waals surface area (Å²) in [5.74, 6) is 0.227. The molecule has 0 N–H and O–H groups in total. The Morgan fingerprint density at radius 1 is 1.43 bits per heavy atom. The molecular weight excluding hydrogens is 296 g/mol. The highest BCUT2D eigenvalue weighted by Crippen LogP contribution is 2.36. The van der Waals surface area contributed by atoms with Crippen molar-refractivity contribution in [2.24, 2.45) is 0 Å². The van der Waals surface area contributed by atoms with Crippen molar-refractivity contribution in [3.8, 4) is 0 Å². The van der Waals surface area contributed by atoms with E-state index in [1.807, 2.05) is 4.90 Å². The largest absolute Gasteiger partial charge is 0.378 e. The van der Waals surface area contributed by atoms with Crippen molar-refractivity contribution in [3.63, 3.8) is 0 Å². The first-order chi connectivity index (χ1) is 11.2. The van der Waals surface area contributed by atoms with Crippen LogP contribution in [-0.4, -0.2) is 64.1 Å². The number of ether oxygens (including phenoxy) is 2. The zero-order valence-corrected chi connectivity index (χ0v) is 13.8. The molecule has 0 aromatic carbocycles. The predicted molar refractivity (Wildman–Crippen MR) is 83.8 cm³/mol. The standard InChI is InChI=1S/C16H26N4O3/c1-22-14-4-3-11-23-16(14)6-9-19(10-7-16)15(21)5-2-8-20-13-17-12-18-20/h12-14H,2-11H2,1H3/t14-/m0/s1. The average Bonchev–Trinajstić information content (AvgIpc) is 3.09. The van der Waals surface area contributed by atoms with Gasteiger partial charge in [0, 0.05) is 39.8 Å². The maximum absolute atomic E-state index is 12.4. The highest BCUT2D eigenvalue weighted by molar-refractivity contribution is 5.76. The van der Waals surface area contributed by atoms with E-state index in [1.165, 1.54) is 6.33 Å². The molecule has 1 aromatic rings. The molecule has 2 fully saturated rings. The fraction of sp³-hybridized carbons (Fsp3) is 0.812. The lowest BCUT2D eigenvalue weighted by Gasteiger charge is -2.48. The number of rotatable bonds is 5. The third-order valence-corrected chi connectivity index (χ3v) is 5.08. The van der Waals surface area contributed by atoms with Gasteiger partial charge in [0.05, 0.1) is 11.7 Å². The molecule has 1 spiro atoms. The van der Waals surface area contributed by atoms with Crippen molar-refractivity contribution in [3.05, 3.63) is 12.7 Å². The van der Waals surface area contributed by atoms with E-state index in [9.17, 15) is 4.79 Å². The number of methoxy groups -OCH3 is 1. The number of aromatic nitrogens is 3. The fourth-order valence-electron chi connectivity index (χ4n) is 3.73. The number of hydrogen-bond donors (Lipinski definition) is 0. The molecule has 0 radical (unpaired) electrons. The molecule has 0 saturated carbocycles. The van der Waals surface area contributed by atoms with Gasteiger partial charge in [-0.25, -0.2) is 4.98 Å². The molecule has 7 nitrogen and oxygen atoms in total. The molecule has 1 atom stereocenters. The highest BCUT2D eigenvalue weighted by Gasteiger charge is 2.45. The van der Waals surface area contributed by atoms with Gasteiger partial charge in [-0.3, -0.25) is 9.48 Å².